The van der Waals surface area contributed by atoms with Crippen molar-refractivity contribution < 1.29 is 19.4 Å². The lowest BCUT2D eigenvalue weighted by atomic mass is 10.2. The summed E-state index contributed by atoms with van der Waals surface area (Å²) < 4.78 is 12.8. The summed E-state index contributed by atoms with van der Waals surface area (Å²) in [6, 6.07) is 0.908. The fraction of sp³-hybridized carbons (Fsp3) is 0.400. The number of aliphatic hydroxyl groups excluding tert-OH is 1. The molecule has 1 saturated carbocycles. The van der Waals surface area contributed by atoms with Crippen LogP contribution in [-0.4, -0.2) is 33.3 Å². The zero-order valence-corrected chi connectivity index (χ0v) is 8.40. The molecule has 3 N–H and O–H groups in total. The number of anilines is 1. The zero-order valence-electron chi connectivity index (χ0n) is 8.40. The van der Waals surface area contributed by atoms with Crippen molar-refractivity contribution in [2.45, 2.75) is 18.4 Å². The molecule has 1 fully saturated rings. The van der Waals surface area contributed by atoms with Crippen LogP contribution in [0.25, 0.3) is 0 Å². The number of nitrogens with zero attached hydrogens (tertiary/aromatic N) is 1. The first-order valence-corrected chi connectivity index (χ1v) is 4.84. The molecule has 0 saturated heterocycles. The van der Waals surface area contributed by atoms with Crippen molar-refractivity contribution >= 4 is 11.8 Å². The maximum atomic E-state index is 12.8. The number of aromatic carboxylic acids is 1. The van der Waals surface area contributed by atoms with Crippen molar-refractivity contribution in [2.75, 3.05) is 11.9 Å². The maximum absolute atomic E-state index is 12.8. The number of aromatic nitrogens is 1. The minimum Gasteiger partial charge on any atom is -0.478 e. The highest BCUT2D eigenvalue weighted by atomic mass is 19.1. The predicted octanol–water partition coefficient (Wildman–Crippen LogP) is 0.856. The van der Waals surface area contributed by atoms with Crippen LogP contribution in [0, 0.1) is 5.82 Å². The van der Waals surface area contributed by atoms with Crippen LogP contribution in [-0.2, 0) is 0 Å². The number of pyridine rings is 1. The van der Waals surface area contributed by atoms with Gasteiger partial charge in [0.25, 0.3) is 0 Å². The largest absolute Gasteiger partial charge is 0.478 e. The van der Waals surface area contributed by atoms with Gasteiger partial charge in [-0.15, -0.1) is 0 Å². The minimum atomic E-state index is -1.25. The topological polar surface area (TPSA) is 82.5 Å². The molecule has 1 heterocycles. The molecule has 6 heteroatoms. The van der Waals surface area contributed by atoms with Gasteiger partial charge in [-0.05, 0) is 18.9 Å². The van der Waals surface area contributed by atoms with Gasteiger partial charge in [0.05, 0.1) is 18.3 Å². The second kappa shape index (κ2) is 3.71. The number of carboxylic acids is 1. The number of rotatable bonds is 4. The van der Waals surface area contributed by atoms with Crippen LogP contribution in [0.5, 0.6) is 0 Å². The average Bonchev–Trinajstić information content (AvgIpc) is 3.01. The Bertz CT molecular complexity index is 432. The van der Waals surface area contributed by atoms with E-state index in [4.69, 9.17) is 10.2 Å². The number of hydrogen-bond acceptors (Lipinski definition) is 4. The molecule has 0 bridgehead atoms. The Morgan fingerprint density at radius 1 is 1.62 bits per heavy atom. The van der Waals surface area contributed by atoms with Gasteiger partial charge in [0, 0.05) is 0 Å². The van der Waals surface area contributed by atoms with Gasteiger partial charge in [-0.2, -0.15) is 0 Å². The third-order valence-electron chi connectivity index (χ3n) is 2.62. The molecule has 2 rings (SSSR count). The van der Waals surface area contributed by atoms with Crippen molar-refractivity contribution in [3.05, 3.63) is 23.6 Å². The molecule has 1 aliphatic carbocycles. The molecule has 5 nitrogen and oxygen atoms in total. The zero-order chi connectivity index (χ0) is 11.8. The summed E-state index contributed by atoms with van der Waals surface area (Å²) in [5.41, 5.74) is -0.700. The number of aliphatic hydroxyl groups is 1. The van der Waals surface area contributed by atoms with E-state index in [-0.39, 0.29) is 18.0 Å². The van der Waals surface area contributed by atoms with Crippen molar-refractivity contribution in [1.29, 1.82) is 0 Å². The van der Waals surface area contributed by atoms with E-state index in [2.05, 4.69) is 10.3 Å². The third-order valence-corrected chi connectivity index (χ3v) is 2.62. The van der Waals surface area contributed by atoms with Gasteiger partial charge in [-0.25, -0.2) is 14.2 Å². The Balaban J connectivity index is 2.29. The fourth-order valence-electron chi connectivity index (χ4n) is 1.43. The molecular weight excluding hydrogens is 215 g/mol. The van der Waals surface area contributed by atoms with E-state index in [0.717, 1.165) is 25.1 Å². The van der Waals surface area contributed by atoms with Gasteiger partial charge >= 0.3 is 5.97 Å². The van der Waals surface area contributed by atoms with Crippen molar-refractivity contribution in [3.63, 3.8) is 0 Å². The Labute approximate surface area is 90.9 Å². The van der Waals surface area contributed by atoms with E-state index in [9.17, 15) is 9.18 Å². The molecule has 1 aliphatic rings. The number of hydrogen-bond donors (Lipinski definition) is 3. The monoisotopic (exact) mass is 226 g/mol. The predicted molar refractivity (Wildman–Crippen MR) is 53.8 cm³/mol. The molecule has 16 heavy (non-hydrogen) atoms. The van der Waals surface area contributed by atoms with Crippen molar-refractivity contribution in [3.8, 4) is 0 Å². The van der Waals surface area contributed by atoms with Gasteiger partial charge in [-0.3, -0.25) is 0 Å². The number of halogens is 1. The van der Waals surface area contributed by atoms with Crippen LogP contribution < -0.4 is 5.32 Å². The molecule has 0 spiro atoms. The van der Waals surface area contributed by atoms with E-state index in [1.165, 1.54) is 0 Å². The SMILES string of the molecule is O=C(O)c1cc(F)cnc1NC1(CO)CC1. The van der Waals surface area contributed by atoms with Crippen LogP contribution in [0.3, 0.4) is 0 Å². The Morgan fingerprint density at radius 2 is 2.31 bits per heavy atom. The van der Waals surface area contributed by atoms with E-state index in [0.29, 0.717) is 0 Å². The Kier molecular flexibility index (Phi) is 2.51. The van der Waals surface area contributed by atoms with Crippen LogP contribution >= 0.6 is 0 Å². The first kappa shape index (κ1) is 10.8. The fourth-order valence-corrected chi connectivity index (χ4v) is 1.43. The van der Waals surface area contributed by atoms with Crippen LogP contribution in [0.2, 0.25) is 0 Å². The molecule has 86 valence electrons. The molecule has 1 aromatic rings. The lowest BCUT2D eigenvalue weighted by molar-refractivity contribution is 0.0697. The first-order valence-electron chi connectivity index (χ1n) is 4.84. The van der Waals surface area contributed by atoms with E-state index < -0.39 is 17.3 Å². The summed E-state index contributed by atoms with van der Waals surface area (Å²) in [6.45, 7) is -0.0921. The first-order chi connectivity index (χ1) is 7.56. The average molecular weight is 226 g/mol. The number of carbonyl (C=O) groups is 1. The summed E-state index contributed by atoms with van der Waals surface area (Å²) in [5, 5.41) is 20.8. The second-order valence-corrected chi connectivity index (χ2v) is 3.92. The number of carboxylic acid groups (broad SMARTS) is 1. The highest BCUT2D eigenvalue weighted by molar-refractivity contribution is 5.93. The van der Waals surface area contributed by atoms with Gasteiger partial charge in [0.15, 0.2) is 0 Å². The molecule has 0 unspecified atom stereocenters. The van der Waals surface area contributed by atoms with Crippen LogP contribution in [0.1, 0.15) is 23.2 Å². The van der Waals surface area contributed by atoms with E-state index in [1.807, 2.05) is 0 Å². The van der Waals surface area contributed by atoms with Crippen LogP contribution in [0.15, 0.2) is 12.3 Å². The quantitative estimate of drug-likeness (QED) is 0.709. The summed E-state index contributed by atoms with van der Waals surface area (Å²) in [6.07, 6.45) is 2.45. The van der Waals surface area contributed by atoms with Crippen LogP contribution in [0.4, 0.5) is 10.2 Å². The molecule has 0 radical (unpaired) electrons. The molecule has 0 amide bonds. The third kappa shape index (κ3) is 1.96. The summed E-state index contributed by atoms with van der Waals surface area (Å²) in [5.74, 6) is -1.85. The summed E-state index contributed by atoms with van der Waals surface area (Å²) >= 11 is 0. The van der Waals surface area contributed by atoms with Crippen molar-refractivity contribution in [1.82, 2.24) is 4.98 Å². The highest BCUT2D eigenvalue weighted by Crippen LogP contribution is 2.38. The van der Waals surface area contributed by atoms with Gasteiger partial charge in [0.1, 0.15) is 17.2 Å². The van der Waals surface area contributed by atoms with Gasteiger partial charge < -0.3 is 15.5 Å². The molecular formula is C10H11FN2O3. The summed E-state index contributed by atoms with van der Waals surface area (Å²) in [4.78, 5) is 14.6. The molecule has 0 atom stereocenters. The lowest BCUT2D eigenvalue weighted by Gasteiger charge is -2.16. The Morgan fingerprint density at radius 3 is 2.81 bits per heavy atom. The van der Waals surface area contributed by atoms with Gasteiger partial charge in [0.2, 0.25) is 0 Å². The highest BCUT2D eigenvalue weighted by Gasteiger charge is 2.43. The molecule has 0 aromatic carbocycles. The maximum Gasteiger partial charge on any atom is 0.339 e. The Hall–Kier alpha value is -1.69. The smallest absolute Gasteiger partial charge is 0.339 e. The lowest BCUT2D eigenvalue weighted by Crippen LogP contribution is -2.27. The van der Waals surface area contributed by atoms with E-state index >= 15 is 0 Å². The normalized spacial score (nSPS) is 16.9. The molecule has 0 aliphatic heterocycles. The second-order valence-electron chi connectivity index (χ2n) is 3.92. The molecule has 1 aromatic heterocycles. The van der Waals surface area contributed by atoms with Gasteiger partial charge in [-0.1, -0.05) is 0 Å². The standard InChI is InChI=1S/C10H11FN2O3/c11-6-3-7(9(15)16)8(12-4-6)13-10(5-14)1-2-10/h3-4,14H,1-2,5H2,(H,12,13)(H,15,16). The number of nitrogens with one attached hydrogen (secondary N) is 1. The minimum absolute atomic E-state index is 0.0921. The van der Waals surface area contributed by atoms with Crippen molar-refractivity contribution in [2.24, 2.45) is 0 Å². The summed E-state index contributed by atoms with van der Waals surface area (Å²) in [7, 11) is 0. The van der Waals surface area contributed by atoms with E-state index in [1.54, 1.807) is 0 Å².